The van der Waals surface area contributed by atoms with Crippen LogP contribution in [0.15, 0.2) is 6.07 Å². The molecule has 42 heavy (non-hydrogen) atoms. The van der Waals surface area contributed by atoms with E-state index in [0.29, 0.717) is 24.3 Å². The molecule has 6 atom stereocenters. The van der Waals surface area contributed by atoms with Crippen molar-refractivity contribution in [3.05, 3.63) is 22.8 Å². The summed E-state index contributed by atoms with van der Waals surface area (Å²) >= 11 is 0. The zero-order valence-electron chi connectivity index (χ0n) is 24.4. The van der Waals surface area contributed by atoms with Gasteiger partial charge in [0.2, 0.25) is 5.91 Å². The summed E-state index contributed by atoms with van der Waals surface area (Å²) in [5.74, 6) is -11.7. The van der Waals surface area contributed by atoms with E-state index in [9.17, 15) is 39.0 Å². The second kappa shape index (κ2) is 10.6. The van der Waals surface area contributed by atoms with Gasteiger partial charge in [0.25, 0.3) is 5.91 Å². The summed E-state index contributed by atoms with van der Waals surface area (Å²) in [6.07, 6.45) is 3.73. The molecule has 12 heteroatoms. The molecular weight excluding hydrogens is 544 g/mol. The SMILES string of the molecule is CN(C)c1cc(C(=O)N2CCCCCC2)c(O)c2c1C[C@H]1C[C@H]3[C@H](N(C)C)C(=O)C(C(N)=O)C(=O)[C@@]3(O)C(=O)C1C2=O. The normalized spacial score (nSPS) is 31.3. The summed E-state index contributed by atoms with van der Waals surface area (Å²) in [6.45, 7) is 1.04. The number of likely N-dealkylation sites (N-methyl/N-ethyl adjacent to an activating group) is 1. The van der Waals surface area contributed by atoms with Crippen molar-refractivity contribution in [3.8, 4) is 5.75 Å². The number of hydrogen-bond acceptors (Lipinski definition) is 10. The summed E-state index contributed by atoms with van der Waals surface area (Å²) in [5, 5.41) is 23.2. The Balaban J connectivity index is 1.63. The fraction of sp³-hybridized carbons (Fsp3) is 0.600. The summed E-state index contributed by atoms with van der Waals surface area (Å²) in [5.41, 5.74) is 3.35. The van der Waals surface area contributed by atoms with E-state index in [1.54, 1.807) is 44.1 Å². The zero-order chi connectivity index (χ0) is 30.8. The van der Waals surface area contributed by atoms with Crippen molar-refractivity contribution in [2.24, 2.45) is 29.4 Å². The maximum absolute atomic E-state index is 14.2. The van der Waals surface area contributed by atoms with Crippen LogP contribution in [0.25, 0.3) is 0 Å². The smallest absolute Gasteiger partial charge is 0.257 e. The van der Waals surface area contributed by atoms with Crippen molar-refractivity contribution < 1.29 is 39.0 Å². The number of anilines is 1. The van der Waals surface area contributed by atoms with E-state index < -0.39 is 76.0 Å². The van der Waals surface area contributed by atoms with Gasteiger partial charge in [-0.15, -0.1) is 0 Å². The molecule has 0 bridgehead atoms. The number of amides is 2. The van der Waals surface area contributed by atoms with Crippen LogP contribution >= 0.6 is 0 Å². The number of fused-ring (bicyclic) bond motifs is 3. The average Bonchev–Trinajstić information content (AvgIpc) is 3.19. The number of carbonyl (C=O) groups excluding carboxylic acids is 6. The number of hydrogen-bond donors (Lipinski definition) is 3. The molecule has 0 spiro atoms. The van der Waals surface area contributed by atoms with Gasteiger partial charge in [-0.05, 0) is 57.3 Å². The van der Waals surface area contributed by atoms with Crippen molar-refractivity contribution in [2.45, 2.75) is 50.2 Å². The van der Waals surface area contributed by atoms with Crippen LogP contribution in [-0.4, -0.2) is 108 Å². The van der Waals surface area contributed by atoms with Gasteiger partial charge in [0.05, 0.1) is 23.1 Å². The van der Waals surface area contributed by atoms with Crippen molar-refractivity contribution in [3.63, 3.8) is 0 Å². The third-order valence-corrected chi connectivity index (χ3v) is 9.64. The standard InChI is InChI=1S/C30H38N4O8/c1-32(2)18-13-16(29(41)34-9-7-5-6-8-10-34)23(35)20-15(18)11-14-12-17-22(33(3)4)25(37)21(28(31)40)27(39)30(17,42)26(38)19(14)24(20)36/h13-14,17,19,21-22,35,42H,5-12H2,1-4H3,(H2,31,40)/t14-,17-,19?,21?,22-,30-/m0/s1. The van der Waals surface area contributed by atoms with Crippen molar-refractivity contribution in [1.29, 1.82) is 0 Å². The van der Waals surface area contributed by atoms with Gasteiger partial charge in [0, 0.05) is 38.8 Å². The van der Waals surface area contributed by atoms with Crippen molar-refractivity contribution in [1.82, 2.24) is 9.80 Å². The molecule has 1 aliphatic heterocycles. The first-order chi connectivity index (χ1) is 19.7. The highest BCUT2D eigenvalue weighted by atomic mass is 16.3. The van der Waals surface area contributed by atoms with Gasteiger partial charge in [-0.1, -0.05) is 12.8 Å². The Bertz CT molecular complexity index is 1400. The van der Waals surface area contributed by atoms with E-state index >= 15 is 0 Å². The minimum atomic E-state index is -2.80. The van der Waals surface area contributed by atoms with Gasteiger partial charge >= 0.3 is 0 Å². The minimum absolute atomic E-state index is 0.0357. The van der Waals surface area contributed by atoms with E-state index in [0.717, 1.165) is 25.7 Å². The first kappa shape index (κ1) is 29.8. The number of nitrogens with zero attached hydrogens (tertiary/aromatic N) is 3. The zero-order valence-corrected chi connectivity index (χ0v) is 24.4. The highest BCUT2D eigenvalue weighted by Crippen LogP contribution is 2.52. The van der Waals surface area contributed by atoms with Crippen molar-refractivity contribution in [2.75, 3.05) is 46.2 Å². The Morgan fingerprint density at radius 2 is 1.62 bits per heavy atom. The van der Waals surface area contributed by atoms with E-state index in [1.807, 2.05) is 0 Å². The average molecular weight is 583 g/mol. The Morgan fingerprint density at radius 1 is 1.00 bits per heavy atom. The van der Waals surface area contributed by atoms with Gasteiger partial charge < -0.3 is 25.7 Å². The number of rotatable bonds is 4. The molecule has 226 valence electrons. The lowest BCUT2D eigenvalue weighted by atomic mass is 9.52. The highest BCUT2D eigenvalue weighted by Gasteiger charge is 2.69. The molecular formula is C30H38N4O8. The van der Waals surface area contributed by atoms with Gasteiger partial charge in [0.1, 0.15) is 5.75 Å². The number of aromatic hydroxyl groups is 1. The van der Waals surface area contributed by atoms with Crippen molar-refractivity contribution >= 4 is 40.6 Å². The largest absolute Gasteiger partial charge is 0.506 e. The molecule has 12 nitrogen and oxygen atoms in total. The van der Waals surface area contributed by atoms with E-state index in [1.165, 1.54) is 4.90 Å². The third kappa shape index (κ3) is 4.26. The first-order valence-corrected chi connectivity index (χ1v) is 14.4. The lowest BCUT2D eigenvalue weighted by Gasteiger charge is -2.52. The predicted octanol–water partition coefficient (Wildman–Crippen LogP) is -0.0508. The number of ketones is 4. The summed E-state index contributed by atoms with van der Waals surface area (Å²) in [7, 11) is 6.58. The van der Waals surface area contributed by atoms with Gasteiger partial charge in [-0.2, -0.15) is 0 Å². The third-order valence-electron chi connectivity index (χ3n) is 9.64. The number of Topliss-reactive ketones (excluding diaryl/α,β-unsaturated/α-hetero) is 4. The number of aliphatic hydroxyl groups is 1. The molecule has 1 saturated heterocycles. The van der Waals surface area contributed by atoms with Crippen LogP contribution in [0.4, 0.5) is 5.69 Å². The fourth-order valence-electron chi connectivity index (χ4n) is 7.66. The second-order valence-corrected chi connectivity index (χ2v) is 12.5. The number of phenols is 1. The molecule has 2 amide bonds. The number of nitrogens with two attached hydrogens (primary N) is 1. The first-order valence-electron chi connectivity index (χ1n) is 14.4. The topological polar surface area (TPSA) is 179 Å². The van der Waals surface area contributed by atoms with Crippen LogP contribution in [0.3, 0.4) is 0 Å². The molecule has 1 aromatic carbocycles. The summed E-state index contributed by atoms with van der Waals surface area (Å²) in [4.78, 5) is 85.6. The van der Waals surface area contributed by atoms with Crippen LogP contribution in [0, 0.1) is 23.7 Å². The molecule has 0 aromatic heterocycles. The van der Waals surface area contributed by atoms with Gasteiger partial charge in [0.15, 0.2) is 34.7 Å². The maximum atomic E-state index is 14.2. The number of carbonyl (C=O) groups is 6. The monoisotopic (exact) mass is 582 g/mol. The number of primary amides is 1. The summed E-state index contributed by atoms with van der Waals surface area (Å²) in [6, 6.07) is 0.408. The Labute approximate surface area is 243 Å². The molecule has 3 aliphatic carbocycles. The molecule has 1 heterocycles. The predicted molar refractivity (Wildman–Crippen MR) is 150 cm³/mol. The minimum Gasteiger partial charge on any atom is -0.506 e. The lowest BCUT2D eigenvalue weighted by molar-refractivity contribution is -0.181. The van der Waals surface area contributed by atoms with Crippen LogP contribution in [0.1, 0.15) is 58.4 Å². The van der Waals surface area contributed by atoms with Crippen LogP contribution < -0.4 is 10.6 Å². The molecule has 4 N–H and O–H groups in total. The molecule has 2 saturated carbocycles. The number of phenolic OH excluding ortho intramolecular Hbond substituents is 1. The Kier molecular flexibility index (Phi) is 7.51. The quantitative estimate of drug-likeness (QED) is 0.408. The van der Waals surface area contributed by atoms with E-state index in [2.05, 4.69) is 0 Å². The second-order valence-electron chi connectivity index (χ2n) is 12.5. The molecule has 5 rings (SSSR count). The fourth-order valence-corrected chi connectivity index (χ4v) is 7.66. The highest BCUT2D eigenvalue weighted by molar-refractivity contribution is 6.32. The van der Waals surface area contributed by atoms with Gasteiger partial charge in [-0.3, -0.25) is 33.7 Å². The summed E-state index contributed by atoms with van der Waals surface area (Å²) < 4.78 is 0. The molecule has 4 aliphatic rings. The van der Waals surface area contributed by atoms with Gasteiger partial charge in [-0.25, -0.2) is 0 Å². The van der Waals surface area contributed by atoms with Crippen LogP contribution in [-0.2, 0) is 25.6 Å². The van der Waals surface area contributed by atoms with E-state index in [4.69, 9.17) is 5.73 Å². The molecule has 3 fully saturated rings. The molecule has 1 aromatic rings. The maximum Gasteiger partial charge on any atom is 0.257 e. The lowest BCUT2D eigenvalue weighted by Crippen LogP contribution is -2.74. The Hall–Kier alpha value is -3.64. The Morgan fingerprint density at radius 3 is 2.17 bits per heavy atom. The number of likely N-dealkylation sites (tertiary alicyclic amines) is 1. The molecule has 2 unspecified atom stereocenters. The van der Waals surface area contributed by atoms with E-state index in [-0.39, 0.29) is 24.0 Å². The number of benzene rings is 1. The molecule has 0 radical (unpaired) electrons. The van der Waals surface area contributed by atoms with Crippen LogP contribution in [0.5, 0.6) is 5.75 Å². The van der Waals surface area contributed by atoms with Crippen LogP contribution in [0.2, 0.25) is 0 Å².